The van der Waals surface area contributed by atoms with Gasteiger partial charge in [-0.3, -0.25) is 19.5 Å². The molecule has 0 spiro atoms. The van der Waals surface area contributed by atoms with E-state index in [1.54, 1.807) is 30.6 Å². The van der Waals surface area contributed by atoms with E-state index in [1.165, 1.54) is 0 Å². The van der Waals surface area contributed by atoms with Crippen LogP contribution in [-0.2, 0) is 19.7 Å². The third-order valence-corrected chi connectivity index (χ3v) is 8.37. The second-order valence-electron chi connectivity index (χ2n) is 10.3. The van der Waals surface area contributed by atoms with E-state index in [1.807, 2.05) is 29.2 Å². The van der Waals surface area contributed by atoms with Crippen molar-refractivity contribution in [1.82, 2.24) is 14.8 Å². The smallest absolute Gasteiger partial charge is 0.235 e. The summed E-state index contributed by atoms with van der Waals surface area (Å²) in [6.07, 6.45) is 4.87. The van der Waals surface area contributed by atoms with E-state index in [9.17, 15) is 9.59 Å². The lowest BCUT2D eigenvalue weighted by molar-refractivity contribution is -0.138. The molecule has 8 nitrogen and oxygen atoms in total. The van der Waals surface area contributed by atoms with Crippen LogP contribution in [0.2, 0.25) is 5.02 Å². The van der Waals surface area contributed by atoms with E-state index in [0.717, 1.165) is 43.5 Å². The highest BCUT2D eigenvalue weighted by Crippen LogP contribution is 2.44. The number of halogens is 1. The lowest BCUT2D eigenvalue weighted by Gasteiger charge is -2.41. The molecule has 2 aromatic carbocycles. The Morgan fingerprint density at radius 1 is 1.08 bits per heavy atom. The summed E-state index contributed by atoms with van der Waals surface area (Å²) in [6, 6.07) is 13.5. The largest absolute Gasteiger partial charge is 0.493 e. The topological polar surface area (TPSA) is 84.0 Å². The minimum absolute atomic E-state index is 0.0358. The van der Waals surface area contributed by atoms with Crippen molar-refractivity contribution in [2.75, 3.05) is 51.3 Å². The number of pyridine rings is 1. The molecule has 198 valence electrons. The number of amides is 2. The number of benzene rings is 2. The summed E-state index contributed by atoms with van der Waals surface area (Å²) in [5.74, 6) is 0.301. The Bertz CT molecular complexity index is 1350. The van der Waals surface area contributed by atoms with Crippen molar-refractivity contribution < 1.29 is 19.1 Å². The van der Waals surface area contributed by atoms with Crippen LogP contribution in [0.5, 0.6) is 5.75 Å². The Kier molecular flexibility index (Phi) is 6.95. The van der Waals surface area contributed by atoms with Gasteiger partial charge >= 0.3 is 0 Å². The lowest BCUT2D eigenvalue weighted by atomic mass is 9.72. The lowest BCUT2D eigenvalue weighted by Crippen LogP contribution is -2.54. The first-order valence-electron chi connectivity index (χ1n) is 13.2. The summed E-state index contributed by atoms with van der Waals surface area (Å²) in [6.45, 7) is 4.80. The van der Waals surface area contributed by atoms with Crippen LogP contribution in [0.15, 0.2) is 54.9 Å². The molecular weight excluding hydrogens is 504 g/mol. The van der Waals surface area contributed by atoms with E-state index < -0.39 is 5.41 Å². The molecule has 3 aliphatic rings. The highest BCUT2D eigenvalue weighted by molar-refractivity contribution is 6.30. The highest BCUT2D eigenvalue weighted by Gasteiger charge is 2.47. The molecule has 1 unspecified atom stereocenters. The van der Waals surface area contributed by atoms with Crippen LogP contribution < -0.4 is 10.1 Å². The van der Waals surface area contributed by atoms with Crippen LogP contribution in [0, 0.1) is 0 Å². The summed E-state index contributed by atoms with van der Waals surface area (Å²) in [5, 5.41) is 5.43. The van der Waals surface area contributed by atoms with E-state index in [4.69, 9.17) is 21.1 Å². The monoisotopic (exact) mass is 534 g/mol. The van der Waals surface area contributed by atoms with Crippen LogP contribution in [0.4, 0.5) is 5.69 Å². The number of hydrogen-bond acceptors (Lipinski definition) is 6. The number of nitrogens with zero attached hydrogens (tertiary/aromatic N) is 3. The predicted molar refractivity (Wildman–Crippen MR) is 146 cm³/mol. The average molecular weight is 535 g/mol. The van der Waals surface area contributed by atoms with Gasteiger partial charge < -0.3 is 19.7 Å². The van der Waals surface area contributed by atoms with Crippen LogP contribution in [0.3, 0.4) is 0 Å². The molecule has 0 aliphatic carbocycles. The molecule has 1 aromatic heterocycles. The number of carbonyl (C=O) groups excluding carboxylic acids is 2. The van der Waals surface area contributed by atoms with E-state index >= 15 is 0 Å². The van der Waals surface area contributed by atoms with Gasteiger partial charge in [-0.15, -0.1) is 0 Å². The molecule has 0 radical (unpaired) electrons. The molecule has 3 aromatic rings. The molecule has 2 amide bonds. The fraction of sp³-hybridized carbons (Fsp3) is 0.414. The maximum Gasteiger partial charge on any atom is 0.235 e. The fourth-order valence-electron chi connectivity index (χ4n) is 5.95. The van der Waals surface area contributed by atoms with E-state index in [2.05, 4.69) is 15.2 Å². The normalized spacial score (nSPS) is 23.6. The standard InChI is InChI=1S/C29H31ClN4O4/c30-21-5-6-26-24(15-21)29(8-14-38-26,28(36)32-25-18-31-17-20-3-1-2-4-23(20)25)16-27(35)34-11-9-33(10-12-34)22-7-13-37-19-22/h1-6,15,17-18,22H,7-14,16,19H2,(H,32,36)/t22?,29-/m1/s1. The third-order valence-electron chi connectivity index (χ3n) is 8.14. The van der Waals surface area contributed by atoms with Gasteiger partial charge in [0.2, 0.25) is 11.8 Å². The number of carbonyl (C=O) groups is 2. The van der Waals surface area contributed by atoms with Gasteiger partial charge in [0.15, 0.2) is 0 Å². The first kappa shape index (κ1) is 25.1. The van der Waals surface area contributed by atoms with Crippen molar-refractivity contribution in [3.8, 4) is 5.75 Å². The van der Waals surface area contributed by atoms with Gasteiger partial charge in [-0.1, -0.05) is 35.9 Å². The van der Waals surface area contributed by atoms with E-state index in [0.29, 0.717) is 54.2 Å². The zero-order chi connectivity index (χ0) is 26.1. The summed E-state index contributed by atoms with van der Waals surface area (Å²) in [5.41, 5.74) is 0.141. The van der Waals surface area contributed by atoms with Crippen LogP contribution in [0.1, 0.15) is 24.8 Å². The average Bonchev–Trinajstić information content (AvgIpc) is 3.49. The SMILES string of the molecule is O=C(C[C@]1(C(=O)Nc2cncc3ccccc23)CCOc2ccc(Cl)cc21)N1CCN(C2CCOC2)CC1. The zero-order valence-electron chi connectivity index (χ0n) is 21.2. The quantitative estimate of drug-likeness (QED) is 0.535. The van der Waals surface area contributed by atoms with Gasteiger partial charge in [-0.2, -0.15) is 0 Å². The van der Waals surface area contributed by atoms with Gasteiger partial charge in [-0.25, -0.2) is 0 Å². The maximum atomic E-state index is 14.2. The number of ether oxygens (including phenoxy) is 2. The molecule has 38 heavy (non-hydrogen) atoms. The molecule has 2 fully saturated rings. The summed E-state index contributed by atoms with van der Waals surface area (Å²) >= 11 is 6.40. The molecule has 2 atom stereocenters. The molecule has 2 saturated heterocycles. The predicted octanol–water partition coefficient (Wildman–Crippen LogP) is 3.87. The summed E-state index contributed by atoms with van der Waals surface area (Å²) < 4.78 is 11.5. The Hall–Kier alpha value is -3.20. The molecule has 6 rings (SSSR count). The number of hydrogen-bond donors (Lipinski definition) is 1. The molecule has 9 heteroatoms. The van der Waals surface area contributed by atoms with Gasteiger partial charge in [0, 0.05) is 79.2 Å². The Labute approximate surface area is 226 Å². The molecule has 1 N–H and O–H groups in total. The molecule has 4 heterocycles. The van der Waals surface area contributed by atoms with Gasteiger partial charge in [0.1, 0.15) is 5.75 Å². The molecule has 3 aliphatic heterocycles. The van der Waals surface area contributed by atoms with Crippen molar-refractivity contribution in [3.05, 3.63) is 65.4 Å². The number of rotatable bonds is 5. The minimum Gasteiger partial charge on any atom is -0.493 e. The van der Waals surface area contributed by atoms with Gasteiger partial charge in [0.25, 0.3) is 0 Å². The van der Waals surface area contributed by atoms with E-state index in [-0.39, 0.29) is 18.2 Å². The van der Waals surface area contributed by atoms with Gasteiger partial charge in [0.05, 0.1) is 30.5 Å². The Morgan fingerprint density at radius 3 is 2.74 bits per heavy atom. The Morgan fingerprint density at radius 2 is 1.92 bits per heavy atom. The fourth-order valence-corrected chi connectivity index (χ4v) is 6.12. The van der Waals surface area contributed by atoms with Crippen molar-refractivity contribution in [1.29, 1.82) is 0 Å². The van der Waals surface area contributed by atoms with Crippen molar-refractivity contribution in [3.63, 3.8) is 0 Å². The first-order chi connectivity index (χ1) is 18.5. The minimum atomic E-state index is -1.12. The van der Waals surface area contributed by atoms with Gasteiger partial charge in [-0.05, 0) is 24.6 Å². The number of piperazine rings is 1. The highest BCUT2D eigenvalue weighted by atomic mass is 35.5. The van der Waals surface area contributed by atoms with Crippen molar-refractivity contribution >= 4 is 39.9 Å². The number of fused-ring (bicyclic) bond motifs is 2. The maximum absolute atomic E-state index is 14.2. The Balaban J connectivity index is 1.29. The number of anilines is 1. The van der Waals surface area contributed by atoms with Crippen molar-refractivity contribution in [2.24, 2.45) is 0 Å². The molecule has 0 bridgehead atoms. The summed E-state index contributed by atoms with van der Waals surface area (Å²) in [7, 11) is 0. The van der Waals surface area contributed by atoms with Crippen LogP contribution >= 0.6 is 11.6 Å². The number of nitrogens with one attached hydrogen (secondary N) is 1. The number of aromatic nitrogens is 1. The summed E-state index contributed by atoms with van der Waals surface area (Å²) in [4.78, 5) is 36.6. The first-order valence-corrected chi connectivity index (χ1v) is 13.6. The van der Waals surface area contributed by atoms with Crippen LogP contribution in [0.25, 0.3) is 10.8 Å². The third kappa shape index (κ3) is 4.72. The second kappa shape index (κ2) is 10.5. The second-order valence-corrected chi connectivity index (χ2v) is 10.7. The molecular formula is C29H31ClN4O4. The molecule has 0 saturated carbocycles. The zero-order valence-corrected chi connectivity index (χ0v) is 22.0. The van der Waals surface area contributed by atoms with Crippen molar-refractivity contribution in [2.45, 2.75) is 30.7 Å². The van der Waals surface area contributed by atoms with Crippen LogP contribution in [-0.4, -0.2) is 78.6 Å².